The van der Waals surface area contributed by atoms with E-state index in [0.29, 0.717) is 5.69 Å². The SMILES string of the molecule is CC.Oc1ccc(C=Nc2ccc(F)cc2)cc1. The van der Waals surface area contributed by atoms with E-state index in [-0.39, 0.29) is 11.6 Å². The van der Waals surface area contributed by atoms with Gasteiger partial charge in [0.05, 0.1) is 5.69 Å². The van der Waals surface area contributed by atoms with Crippen LogP contribution < -0.4 is 0 Å². The van der Waals surface area contributed by atoms with Crippen LogP contribution in [0, 0.1) is 5.82 Å². The van der Waals surface area contributed by atoms with Gasteiger partial charge < -0.3 is 5.11 Å². The highest BCUT2D eigenvalue weighted by molar-refractivity contribution is 5.82. The lowest BCUT2D eigenvalue weighted by Gasteiger charge is -1.95. The summed E-state index contributed by atoms with van der Waals surface area (Å²) >= 11 is 0. The number of aromatic hydroxyl groups is 1. The Labute approximate surface area is 106 Å². The van der Waals surface area contributed by atoms with Crippen LogP contribution in [0.2, 0.25) is 0 Å². The van der Waals surface area contributed by atoms with Gasteiger partial charge in [0.15, 0.2) is 0 Å². The van der Waals surface area contributed by atoms with Crippen molar-refractivity contribution in [2.24, 2.45) is 4.99 Å². The molecule has 0 saturated heterocycles. The van der Waals surface area contributed by atoms with Crippen LogP contribution in [-0.2, 0) is 0 Å². The maximum absolute atomic E-state index is 12.6. The number of phenolic OH excluding ortho intramolecular Hbond substituents is 1. The number of rotatable bonds is 2. The summed E-state index contributed by atoms with van der Waals surface area (Å²) in [7, 11) is 0. The molecule has 0 spiro atoms. The Morgan fingerprint density at radius 3 is 2.06 bits per heavy atom. The van der Waals surface area contributed by atoms with E-state index in [1.54, 1.807) is 42.6 Å². The second kappa shape index (κ2) is 7.22. The van der Waals surface area contributed by atoms with E-state index in [4.69, 9.17) is 5.11 Å². The highest BCUT2D eigenvalue weighted by Crippen LogP contribution is 2.13. The first kappa shape index (κ1) is 13.9. The van der Waals surface area contributed by atoms with Gasteiger partial charge in [-0.15, -0.1) is 0 Å². The largest absolute Gasteiger partial charge is 0.508 e. The Morgan fingerprint density at radius 1 is 0.944 bits per heavy atom. The van der Waals surface area contributed by atoms with Crippen LogP contribution in [0.25, 0.3) is 0 Å². The van der Waals surface area contributed by atoms with Gasteiger partial charge in [0.2, 0.25) is 0 Å². The molecular weight excluding hydrogens is 229 g/mol. The molecule has 2 aromatic carbocycles. The first-order valence-electron chi connectivity index (χ1n) is 5.83. The van der Waals surface area contributed by atoms with Crippen LogP contribution in [-0.4, -0.2) is 11.3 Å². The van der Waals surface area contributed by atoms with Crippen LogP contribution in [0.5, 0.6) is 5.75 Å². The molecule has 0 aliphatic rings. The third-order valence-electron chi connectivity index (χ3n) is 2.08. The van der Waals surface area contributed by atoms with Gasteiger partial charge in [-0.3, -0.25) is 4.99 Å². The molecule has 0 unspecified atom stereocenters. The van der Waals surface area contributed by atoms with Gasteiger partial charge in [0.1, 0.15) is 11.6 Å². The smallest absolute Gasteiger partial charge is 0.123 e. The van der Waals surface area contributed by atoms with Gasteiger partial charge in [0, 0.05) is 6.21 Å². The molecule has 0 saturated carbocycles. The van der Waals surface area contributed by atoms with Crippen molar-refractivity contribution in [2.75, 3.05) is 0 Å². The number of nitrogens with zero attached hydrogens (tertiary/aromatic N) is 1. The highest BCUT2D eigenvalue weighted by atomic mass is 19.1. The third kappa shape index (κ3) is 4.37. The van der Waals surface area contributed by atoms with Gasteiger partial charge in [-0.2, -0.15) is 0 Å². The summed E-state index contributed by atoms with van der Waals surface area (Å²) in [5.74, 6) is -0.0532. The second-order valence-electron chi connectivity index (χ2n) is 3.33. The van der Waals surface area contributed by atoms with Gasteiger partial charge in [0.25, 0.3) is 0 Å². The molecule has 18 heavy (non-hydrogen) atoms. The number of hydrogen-bond acceptors (Lipinski definition) is 2. The lowest BCUT2D eigenvalue weighted by Crippen LogP contribution is -1.79. The summed E-state index contributed by atoms with van der Waals surface area (Å²) < 4.78 is 12.6. The van der Waals surface area contributed by atoms with Crippen molar-refractivity contribution in [1.82, 2.24) is 0 Å². The molecule has 0 radical (unpaired) electrons. The molecular formula is C15H16FNO. The molecule has 0 aliphatic carbocycles. The maximum Gasteiger partial charge on any atom is 0.123 e. The molecule has 0 bridgehead atoms. The molecule has 1 N–H and O–H groups in total. The van der Waals surface area contributed by atoms with Crippen LogP contribution >= 0.6 is 0 Å². The lowest BCUT2D eigenvalue weighted by molar-refractivity contribution is 0.475. The molecule has 2 rings (SSSR count). The Bertz CT molecular complexity index is 441. The highest BCUT2D eigenvalue weighted by Gasteiger charge is 1.91. The van der Waals surface area contributed by atoms with Crippen LogP contribution in [0.1, 0.15) is 19.4 Å². The van der Waals surface area contributed by atoms with Crippen LogP contribution in [0.4, 0.5) is 10.1 Å². The van der Waals surface area contributed by atoms with Crippen molar-refractivity contribution in [3.8, 4) is 5.75 Å². The number of benzene rings is 2. The molecule has 94 valence electrons. The lowest BCUT2D eigenvalue weighted by atomic mass is 10.2. The van der Waals surface area contributed by atoms with Crippen molar-refractivity contribution in [3.05, 3.63) is 59.9 Å². The van der Waals surface area contributed by atoms with E-state index in [1.807, 2.05) is 13.8 Å². The summed E-state index contributed by atoms with van der Waals surface area (Å²) in [6.45, 7) is 4.00. The minimum atomic E-state index is -0.274. The Kier molecular flexibility index (Phi) is 5.58. The van der Waals surface area contributed by atoms with Gasteiger partial charge in [-0.1, -0.05) is 13.8 Å². The summed E-state index contributed by atoms with van der Waals surface area (Å²) in [5, 5.41) is 9.09. The van der Waals surface area contributed by atoms with E-state index in [0.717, 1.165) is 5.56 Å². The summed E-state index contributed by atoms with van der Waals surface area (Å²) in [5.41, 5.74) is 1.57. The first-order chi connectivity index (χ1) is 8.74. The number of halogens is 1. The molecule has 0 heterocycles. The van der Waals surface area contributed by atoms with E-state index < -0.39 is 0 Å². The normalized spacial score (nSPS) is 9.94. The van der Waals surface area contributed by atoms with Crippen molar-refractivity contribution < 1.29 is 9.50 Å². The topological polar surface area (TPSA) is 32.6 Å². The minimum absolute atomic E-state index is 0.221. The van der Waals surface area contributed by atoms with E-state index in [9.17, 15) is 4.39 Å². The van der Waals surface area contributed by atoms with Crippen LogP contribution in [0.3, 0.4) is 0 Å². The molecule has 2 aromatic rings. The van der Waals surface area contributed by atoms with Gasteiger partial charge in [-0.05, 0) is 54.1 Å². The van der Waals surface area contributed by atoms with E-state index >= 15 is 0 Å². The van der Waals surface area contributed by atoms with Crippen molar-refractivity contribution >= 4 is 11.9 Å². The summed E-state index contributed by atoms with van der Waals surface area (Å²) in [4.78, 5) is 4.17. The van der Waals surface area contributed by atoms with Crippen molar-refractivity contribution in [1.29, 1.82) is 0 Å². The Balaban J connectivity index is 0.000000771. The first-order valence-corrected chi connectivity index (χ1v) is 5.83. The molecule has 0 atom stereocenters. The average Bonchev–Trinajstić information content (AvgIpc) is 2.42. The van der Waals surface area contributed by atoms with Gasteiger partial charge in [-0.25, -0.2) is 4.39 Å². The zero-order chi connectivity index (χ0) is 13.4. The average molecular weight is 245 g/mol. The molecule has 2 nitrogen and oxygen atoms in total. The molecule has 3 heteroatoms. The molecule has 0 aromatic heterocycles. The predicted octanol–water partition coefficient (Wildman–Crippen LogP) is 4.31. The summed E-state index contributed by atoms with van der Waals surface area (Å²) in [6.07, 6.45) is 1.66. The number of hydrogen-bond donors (Lipinski definition) is 1. The summed E-state index contributed by atoms with van der Waals surface area (Å²) in [6, 6.07) is 12.6. The predicted molar refractivity (Wildman–Crippen MR) is 73.1 cm³/mol. The van der Waals surface area contributed by atoms with Crippen molar-refractivity contribution in [2.45, 2.75) is 13.8 Å². The monoisotopic (exact) mass is 245 g/mol. The third-order valence-corrected chi connectivity index (χ3v) is 2.08. The fourth-order valence-corrected chi connectivity index (χ4v) is 1.24. The quantitative estimate of drug-likeness (QED) is 0.786. The standard InChI is InChI=1S/C13H10FNO.C2H6/c14-11-3-5-12(6-4-11)15-9-10-1-7-13(16)8-2-10;1-2/h1-9,16H;1-2H3. The molecule has 0 aliphatic heterocycles. The minimum Gasteiger partial charge on any atom is -0.508 e. The molecule has 0 fully saturated rings. The van der Waals surface area contributed by atoms with Crippen molar-refractivity contribution in [3.63, 3.8) is 0 Å². The van der Waals surface area contributed by atoms with Gasteiger partial charge >= 0.3 is 0 Å². The Morgan fingerprint density at radius 2 is 1.50 bits per heavy atom. The van der Waals surface area contributed by atoms with Crippen LogP contribution in [0.15, 0.2) is 53.5 Å². The Hall–Kier alpha value is -2.16. The zero-order valence-corrected chi connectivity index (χ0v) is 10.5. The molecule has 0 amide bonds. The van der Waals surface area contributed by atoms with E-state index in [1.165, 1.54) is 12.1 Å². The fraction of sp³-hybridized carbons (Fsp3) is 0.133. The zero-order valence-electron chi connectivity index (χ0n) is 10.5. The number of phenols is 1. The second-order valence-corrected chi connectivity index (χ2v) is 3.33. The maximum atomic E-state index is 12.6. The fourth-order valence-electron chi connectivity index (χ4n) is 1.24. The van der Waals surface area contributed by atoms with E-state index in [2.05, 4.69) is 4.99 Å². The number of aliphatic imine (C=N–C) groups is 1.